The number of halogens is 3. The van der Waals surface area contributed by atoms with Gasteiger partial charge in [-0.15, -0.1) is 24.0 Å². The van der Waals surface area contributed by atoms with Gasteiger partial charge in [0, 0.05) is 38.8 Å². The van der Waals surface area contributed by atoms with Crippen molar-refractivity contribution in [2.24, 2.45) is 4.99 Å². The van der Waals surface area contributed by atoms with Crippen LogP contribution in [0, 0.1) is 5.82 Å². The van der Waals surface area contributed by atoms with Crippen LogP contribution in [0.4, 0.5) is 4.39 Å². The normalized spacial score (nSPS) is 21.9. The van der Waals surface area contributed by atoms with Gasteiger partial charge in [0.1, 0.15) is 5.82 Å². The SMILES string of the molecule is CN=C(NCc1ccc(Br)c(F)c1)NC1CCN(C2CC2)C1.I. The Balaban J connectivity index is 0.00000192. The van der Waals surface area contributed by atoms with E-state index in [1.165, 1.54) is 25.5 Å². The first-order valence-electron chi connectivity index (χ1n) is 7.81. The summed E-state index contributed by atoms with van der Waals surface area (Å²) in [5.74, 6) is 0.545. The van der Waals surface area contributed by atoms with Crippen molar-refractivity contribution < 1.29 is 4.39 Å². The number of nitrogens with one attached hydrogen (secondary N) is 2. The van der Waals surface area contributed by atoms with Crippen molar-refractivity contribution >= 4 is 45.9 Å². The van der Waals surface area contributed by atoms with Crippen molar-refractivity contribution in [2.75, 3.05) is 20.1 Å². The van der Waals surface area contributed by atoms with Gasteiger partial charge < -0.3 is 10.6 Å². The lowest BCUT2D eigenvalue weighted by atomic mass is 10.2. The number of rotatable bonds is 4. The maximum absolute atomic E-state index is 13.5. The maximum atomic E-state index is 13.5. The van der Waals surface area contributed by atoms with Gasteiger partial charge >= 0.3 is 0 Å². The quantitative estimate of drug-likeness (QED) is 0.382. The van der Waals surface area contributed by atoms with Crippen molar-refractivity contribution in [3.8, 4) is 0 Å². The summed E-state index contributed by atoms with van der Waals surface area (Å²) in [6, 6.07) is 6.44. The Labute approximate surface area is 162 Å². The summed E-state index contributed by atoms with van der Waals surface area (Å²) >= 11 is 3.17. The summed E-state index contributed by atoms with van der Waals surface area (Å²) in [6.07, 6.45) is 3.87. The van der Waals surface area contributed by atoms with Crippen LogP contribution < -0.4 is 10.6 Å². The van der Waals surface area contributed by atoms with E-state index < -0.39 is 0 Å². The summed E-state index contributed by atoms with van der Waals surface area (Å²) in [5, 5.41) is 6.73. The molecule has 1 atom stereocenters. The Morgan fingerprint density at radius 2 is 2.17 bits per heavy atom. The molecule has 7 heteroatoms. The molecule has 0 amide bonds. The number of guanidine groups is 1. The van der Waals surface area contributed by atoms with Gasteiger partial charge in [-0.1, -0.05) is 6.07 Å². The molecule has 1 saturated carbocycles. The summed E-state index contributed by atoms with van der Waals surface area (Å²) in [6.45, 7) is 2.83. The number of hydrogen-bond acceptors (Lipinski definition) is 2. The lowest BCUT2D eigenvalue weighted by Gasteiger charge is -2.18. The van der Waals surface area contributed by atoms with Crippen LogP contribution in [-0.2, 0) is 6.54 Å². The zero-order chi connectivity index (χ0) is 15.5. The summed E-state index contributed by atoms with van der Waals surface area (Å²) in [5.41, 5.74) is 0.898. The maximum Gasteiger partial charge on any atom is 0.191 e. The summed E-state index contributed by atoms with van der Waals surface area (Å²) < 4.78 is 14.0. The first-order valence-corrected chi connectivity index (χ1v) is 8.60. The average Bonchev–Trinajstić information content (AvgIpc) is 3.27. The van der Waals surface area contributed by atoms with Crippen LogP contribution in [-0.4, -0.2) is 43.1 Å². The Hall–Kier alpha value is -0.410. The highest BCUT2D eigenvalue weighted by molar-refractivity contribution is 14.0. The third-order valence-corrected chi connectivity index (χ3v) is 4.93. The van der Waals surface area contributed by atoms with Crippen LogP contribution in [0.3, 0.4) is 0 Å². The van der Waals surface area contributed by atoms with E-state index in [0.29, 0.717) is 17.1 Å². The second kappa shape index (κ2) is 8.62. The minimum Gasteiger partial charge on any atom is -0.352 e. The largest absolute Gasteiger partial charge is 0.352 e. The van der Waals surface area contributed by atoms with Gasteiger partial charge in [-0.3, -0.25) is 9.89 Å². The molecule has 2 fully saturated rings. The Morgan fingerprint density at radius 3 is 2.83 bits per heavy atom. The molecule has 1 aliphatic heterocycles. The van der Waals surface area contributed by atoms with Crippen LogP contribution in [0.25, 0.3) is 0 Å². The molecule has 1 aromatic rings. The molecule has 0 bridgehead atoms. The first-order chi connectivity index (χ1) is 10.7. The van der Waals surface area contributed by atoms with Gasteiger partial charge in [0.05, 0.1) is 4.47 Å². The number of hydrogen-bond donors (Lipinski definition) is 2. The molecule has 3 rings (SSSR count). The number of nitrogens with zero attached hydrogens (tertiary/aromatic N) is 2. The van der Waals surface area contributed by atoms with Gasteiger partial charge in [-0.05, 0) is 52.9 Å². The average molecular weight is 497 g/mol. The van der Waals surface area contributed by atoms with E-state index >= 15 is 0 Å². The minimum absolute atomic E-state index is 0. The number of aliphatic imine (C=N–C) groups is 1. The highest BCUT2D eigenvalue weighted by Crippen LogP contribution is 2.29. The fraction of sp³-hybridized carbons (Fsp3) is 0.562. The lowest BCUT2D eigenvalue weighted by Crippen LogP contribution is -2.44. The molecule has 1 heterocycles. The lowest BCUT2D eigenvalue weighted by molar-refractivity contribution is 0.321. The van der Waals surface area contributed by atoms with Crippen LogP contribution in [0.1, 0.15) is 24.8 Å². The third-order valence-electron chi connectivity index (χ3n) is 4.29. The van der Waals surface area contributed by atoms with Crippen LogP contribution in [0.5, 0.6) is 0 Å². The van der Waals surface area contributed by atoms with Crippen molar-refractivity contribution in [2.45, 2.75) is 37.9 Å². The van der Waals surface area contributed by atoms with Gasteiger partial charge in [-0.25, -0.2) is 4.39 Å². The molecule has 0 spiro atoms. The van der Waals surface area contributed by atoms with Gasteiger partial charge in [0.2, 0.25) is 0 Å². The van der Waals surface area contributed by atoms with Crippen molar-refractivity contribution in [1.29, 1.82) is 0 Å². The topological polar surface area (TPSA) is 39.7 Å². The van der Waals surface area contributed by atoms with E-state index in [9.17, 15) is 4.39 Å². The van der Waals surface area contributed by atoms with E-state index in [-0.39, 0.29) is 29.8 Å². The Bertz CT molecular complexity index is 565. The molecule has 1 aromatic carbocycles. The Morgan fingerprint density at radius 1 is 1.39 bits per heavy atom. The number of benzene rings is 1. The van der Waals surface area contributed by atoms with E-state index in [0.717, 1.165) is 30.5 Å². The van der Waals surface area contributed by atoms with Gasteiger partial charge in [0.25, 0.3) is 0 Å². The van der Waals surface area contributed by atoms with Crippen LogP contribution in [0.2, 0.25) is 0 Å². The Kier molecular flexibility index (Phi) is 7.09. The van der Waals surface area contributed by atoms with Gasteiger partial charge in [-0.2, -0.15) is 0 Å². The fourth-order valence-corrected chi connectivity index (χ4v) is 3.15. The highest BCUT2D eigenvalue weighted by Gasteiger charge is 2.34. The van der Waals surface area contributed by atoms with E-state index in [2.05, 4.69) is 36.5 Å². The number of likely N-dealkylation sites (tertiary alicyclic amines) is 1. The van der Waals surface area contributed by atoms with Gasteiger partial charge in [0.15, 0.2) is 5.96 Å². The molecule has 1 unspecified atom stereocenters. The molecule has 1 saturated heterocycles. The van der Waals surface area contributed by atoms with Crippen LogP contribution >= 0.6 is 39.9 Å². The molecule has 2 aliphatic rings. The van der Waals surface area contributed by atoms with E-state index in [1.807, 2.05) is 6.07 Å². The summed E-state index contributed by atoms with van der Waals surface area (Å²) in [4.78, 5) is 6.83. The summed E-state index contributed by atoms with van der Waals surface area (Å²) in [7, 11) is 1.77. The fourth-order valence-electron chi connectivity index (χ4n) is 2.90. The molecule has 4 nitrogen and oxygen atoms in total. The first kappa shape index (κ1) is 18.9. The molecule has 0 radical (unpaired) electrons. The molecular formula is C16H23BrFIN4. The molecule has 2 N–H and O–H groups in total. The molecular weight excluding hydrogens is 474 g/mol. The smallest absolute Gasteiger partial charge is 0.191 e. The predicted molar refractivity (Wildman–Crippen MR) is 106 cm³/mol. The van der Waals surface area contributed by atoms with Crippen molar-refractivity contribution in [3.05, 3.63) is 34.1 Å². The van der Waals surface area contributed by atoms with E-state index in [1.54, 1.807) is 13.1 Å². The monoisotopic (exact) mass is 496 g/mol. The molecule has 23 heavy (non-hydrogen) atoms. The second-order valence-corrected chi connectivity index (χ2v) is 6.88. The highest BCUT2D eigenvalue weighted by atomic mass is 127. The molecule has 1 aliphatic carbocycles. The minimum atomic E-state index is -0.238. The third kappa shape index (κ3) is 5.29. The predicted octanol–water partition coefficient (Wildman–Crippen LogP) is 3.11. The standard InChI is InChI=1S/C16H22BrFN4.HI/c1-19-16(20-9-11-2-5-14(17)15(18)8-11)21-12-6-7-22(10-12)13-3-4-13;/h2,5,8,12-13H,3-4,6-7,9-10H2,1H3,(H2,19,20,21);1H. The van der Waals surface area contributed by atoms with Crippen molar-refractivity contribution in [3.63, 3.8) is 0 Å². The zero-order valence-electron chi connectivity index (χ0n) is 13.2. The van der Waals surface area contributed by atoms with Crippen molar-refractivity contribution in [1.82, 2.24) is 15.5 Å². The van der Waals surface area contributed by atoms with E-state index in [4.69, 9.17) is 0 Å². The second-order valence-electron chi connectivity index (χ2n) is 6.03. The van der Waals surface area contributed by atoms with Crippen LogP contribution in [0.15, 0.2) is 27.7 Å². The zero-order valence-corrected chi connectivity index (χ0v) is 17.1. The molecule has 0 aromatic heterocycles. The molecule has 128 valence electrons.